The van der Waals surface area contributed by atoms with Gasteiger partial charge in [-0.25, -0.2) is 4.68 Å². The summed E-state index contributed by atoms with van der Waals surface area (Å²) in [5.74, 6) is -0.561. The molecule has 0 saturated carbocycles. The highest BCUT2D eigenvalue weighted by Crippen LogP contribution is 2.37. The molecular weight excluding hydrogens is 346 g/mol. The molecule has 1 aromatic rings. The average Bonchev–Trinajstić information content (AvgIpc) is 2.54. The summed E-state index contributed by atoms with van der Waals surface area (Å²) in [6.07, 6.45) is -11.7. The van der Waals surface area contributed by atoms with E-state index in [2.05, 4.69) is 25.8 Å². The van der Waals surface area contributed by atoms with Gasteiger partial charge in [0.2, 0.25) is 5.88 Å². The van der Waals surface area contributed by atoms with Crippen molar-refractivity contribution in [1.82, 2.24) is 9.78 Å². The van der Waals surface area contributed by atoms with Gasteiger partial charge in [-0.3, -0.25) is 0 Å². The molecular formula is C9H9BrF6N2O. The van der Waals surface area contributed by atoms with E-state index in [1.54, 1.807) is 0 Å². The Morgan fingerprint density at radius 2 is 1.79 bits per heavy atom. The molecule has 0 spiro atoms. The van der Waals surface area contributed by atoms with E-state index in [0.717, 1.165) is 7.05 Å². The second-order valence-electron chi connectivity index (χ2n) is 3.69. The Labute approximate surface area is 112 Å². The number of hydrogen-bond donors (Lipinski definition) is 0. The molecule has 1 atom stereocenters. The van der Waals surface area contributed by atoms with Gasteiger partial charge in [-0.2, -0.15) is 31.4 Å². The van der Waals surface area contributed by atoms with Gasteiger partial charge in [-0.15, -0.1) is 0 Å². The second-order valence-corrected chi connectivity index (χ2v) is 4.25. The first-order valence-corrected chi connectivity index (χ1v) is 6.03. The van der Waals surface area contributed by atoms with Gasteiger partial charge in [-0.05, 0) is 6.92 Å². The van der Waals surface area contributed by atoms with Gasteiger partial charge in [-0.1, -0.05) is 15.9 Å². The zero-order chi connectivity index (χ0) is 15.0. The van der Waals surface area contributed by atoms with E-state index in [1.807, 2.05) is 0 Å². The summed E-state index contributed by atoms with van der Waals surface area (Å²) in [5, 5.41) is 2.83. The molecule has 0 saturated heterocycles. The van der Waals surface area contributed by atoms with Crippen LogP contribution in [0.25, 0.3) is 0 Å². The Hall–Kier alpha value is -0.930. The number of nitrogens with zero attached hydrogens (tertiary/aromatic N) is 2. The number of aromatic nitrogens is 2. The van der Waals surface area contributed by atoms with Gasteiger partial charge in [0.15, 0.2) is 11.8 Å². The van der Waals surface area contributed by atoms with Crippen LogP contribution in [0.4, 0.5) is 26.3 Å². The zero-order valence-corrected chi connectivity index (χ0v) is 11.3. The van der Waals surface area contributed by atoms with Gasteiger partial charge in [0, 0.05) is 12.4 Å². The van der Waals surface area contributed by atoms with E-state index in [9.17, 15) is 26.3 Å². The predicted octanol–water partition coefficient (Wildman–Crippen LogP) is 3.66. The lowest BCUT2D eigenvalue weighted by atomic mass is 10.2. The molecule has 0 aliphatic carbocycles. The van der Waals surface area contributed by atoms with Gasteiger partial charge < -0.3 is 4.74 Å². The number of hydrogen-bond acceptors (Lipinski definition) is 2. The number of ether oxygens (including phenoxy) is 1. The normalized spacial score (nSPS) is 14.6. The van der Waals surface area contributed by atoms with Gasteiger partial charge in [0.05, 0.1) is 5.56 Å². The first kappa shape index (κ1) is 16.1. The summed E-state index contributed by atoms with van der Waals surface area (Å²) in [6.45, 7) is 0.707. The SMILES string of the molecule is CC(Oc1c(CBr)c(C(F)(F)F)nn1C)C(F)(F)F. The molecule has 0 aliphatic heterocycles. The monoisotopic (exact) mass is 354 g/mol. The highest BCUT2D eigenvalue weighted by molar-refractivity contribution is 9.08. The summed E-state index contributed by atoms with van der Waals surface area (Å²) in [7, 11) is 1.08. The van der Waals surface area contributed by atoms with Gasteiger partial charge in [0.25, 0.3) is 0 Å². The second kappa shape index (κ2) is 5.22. The lowest BCUT2D eigenvalue weighted by Gasteiger charge is -2.18. The van der Waals surface area contributed by atoms with Crippen LogP contribution in [0.2, 0.25) is 0 Å². The minimum Gasteiger partial charge on any atom is -0.465 e. The summed E-state index contributed by atoms with van der Waals surface area (Å²) in [4.78, 5) is 0. The Bertz CT molecular complexity index is 453. The quantitative estimate of drug-likeness (QED) is 0.611. The number of rotatable bonds is 3. The molecule has 10 heteroatoms. The Kier molecular flexibility index (Phi) is 4.43. The molecule has 0 aromatic carbocycles. The number of alkyl halides is 7. The first-order valence-electron chi connectivity index (χ1n) is 4.90. The molecule has 0 radical (unpaired) electrons. The highest BCUT2D eigenvalue weighted by atomic mass is 79.9. The summed E-state index contributed by atoms with van der Waals surface area (Å²) in [5.41, 5.74) is -1.73. The van der Waals surface area contributed by atoms with E-state index in [0.29, 0.717) is 11.6 Å². The molecule has 1 unspecified atom stereocenters. The molecule has 0 N–H and O–H groups in total. The van der Waals surface area contributed by atoms with Crippen LogP contribution in [0.3, 0.4) is 0 Å². The summed E-state index contributed by atoms with van der Waals surface area (Å²) < 4.78 is 80.1. The molecule has 1 rings (SSSR count). The van der Waals surface area contributed by atoms with Crippen molar-refractivity contribution in [2.75, 3.05) is 0 Å². The smallest absolute Gasteiger partial charge is 0.435 e. The molecule has 19 heavy (non-hydrogen) atoms. The maximum Gasteiger partial charge on any atom is 0.435 e. The molecule has 0 fully saturated rings. The van der Waals surface area contributed by atoms with Crippen molar-refractivity contribution in [3.05, 3.63) is 11.3 Å². The molecule has 0 aliphatic rings. The maximum atomic E-state index is 12.6. The van der Waals surface area contributed by atoms with Crippen LogP contribution in [-0.2, 0) is 18.6 Å². The van der Waals surface area contributed by atoms with Crippen molar-refractivity contribution >= 4 is 15.9 Å². The number of halogens is 7. The lowest BCUT2D eigenvalue weighted by molar-refractivity contribution is -0.190. The van der Waals surface area contributed by atoms with Crippen LogP contribution in [0.1, 0.15) is 18.2 Å². The van der Waals surface area contributed by atoms with Crippen molar-refractivity contribution < 1.29 is 31.1 Å². The fraction of sp³-hybridized carbons (Fsp3) is 0.667. The third kappa shape index (κ3) is 3.54. The van der Waals surface area contributed by atoms with Crippen LogP contribution in [0, 0.1) is 0 Å². The molecule has 1 heterocycles. The van der Waals surface area contributed by atoms with E-state index >= 15 is 0 Å². The van der Waals surface area contributed by atoms with Crippen LogP contribution in [0.5, 0.6) is 5.88 Å². The fourth-order valence-corrected chi connectivity index (χ4v) is 1.79. The van der Waals surface area contributed by atoms with E-state index in [1.165, 1.54) is 0 Å². The van der Waals surface area contributed by atoms with Crippen LogP contribution < -0.4 is 4.74 Å². The minimum atomic E-state index is -4.76. The Balaban J connectivity index is 3.19. The van der Waals surface area contributed by atoms with Crippen molar-refractivity contribution in [2.45, 2.75) is 30.7 Å². The van der Waals surface area contributed by atoms with E-state index in [4.69, 9.17) is 0 Å². The van der Waals surface area contributed by atoms with E-state index in [-0.39, 0.29) is 5.33 Å². The van der Waals surface area contributed by atoms with Crippen molar-refractivity contribution in [1.29, 1.82) is 0 Å². The maximum absolute atomic E-state index is 12.6. The van der Waals surface area contributed by atoms with Gasteiger partial charge >= 0.3 is 12.4 Å². The Morgan fingerprint density at radius 1 is 1.26 bits per heavy atom. The molecule has 0 amide bonds. The zero-order valence-electron chi connectivity index (χ0n) is 9.73. The third-order valence-corrected chi connectivity index (χ3v) is 2.80. The van der Waals surface area contributed by atoms with Crippen LogP contribution in [-0.4, -0.2) is 22.1 Å². The fourth-order valence-electron chi connectivity index (χ4n) is 1.28. The van der Waals surface area contributed by atoms with Crippen molar-refractivity contribution in [3.8, 4) is 5.88 Å². The van der Waals surface area contributed by atoms with Crippen molar-refractivity contribution in [2.24, 2.45) is 7.05 Å². The molecule has 3 nitrogen and oxygen atoms in total. The van der Waals surface area contributed by atoms with Gasteiger partial charge in [0.1, 0.15) is 0 Å². The third-order valence-electron chi connectivity index (χ3n) is 2.24. The summed E-state index contributed by atoms with van der Waals surface area (Å²) >= 11 is 2.79. The lowest BCUT2D eigenvalue weighted by Crippen LogP contribution is -2.32. The Morgan fingerprint density at radius 3 is 2.16 bits per heavy atom. The molecule has 110 valence electrons. The number of aryl methyl sites for hydroxylation is 1. The predicted molar refractivity (Wildman–Crippen MR) is 57.0 cm³/mol. The molecule has 1 aromatic heterocycles. The van der Waals surface area contributed by atoms with Crippen LogP contribution >= 0.6 is 15.9 Å². The standard InChI is InChI=1S/C9H9BrF6N2O/c1-4(8(11,12)13)19-7-5(3-10)6(9(14,15)16)17-18(7)2/h4H,3H2,1-2H3. The van der Waals surface area contributed by atoms with Crippen molar-refractivity contribution in [3.63, 3.8) is 0 Å². The van der Waals surface area contributed by atoms with Crippen LogP contribution in [0.15, 0.2) is 0 Å². The topological polar surface area (TPSA) is 27.1 Å². The highest BCUT2D eigenvalue weighted by Gasteiger charge is 2.42. The van der Waals surface area contributed by atoms with E-state index < -0.39 is 35.6 Å². The minimum absolute atomic E-state index is 0.324. The first-order chi connectivity index (χ1) is 8.48. The molecule has 0 bridgehead atoms. The summed E-state index contributed by atoms with van der Waals surface area (Å²) in [6, 6.07) is 0. The average molecular weight is 355 g/mol. The largest absolute Gasteiger partial charge is 0.465 e.